The average molecular weight is 253 g/mol. The van der Waals surface area contributed by atoms with E-state index in [0.29, 0.717) is 0 Å². The molecule has 2 aromatic heterocycles. The molecule has 0 fully saturated rings. The van der Waals surface area contributed by atoms with E-state index in [1.165, 1.54) is 18.7 Å². The van der Waals surface area contributed by atoms with Crippen molar-refractivity contribution in [2.75, 3.05) is 0 Å². The zero-order valence-corrected chi connectivity index (χ0v) is 10.1. The minimum absolute atomic E-state index is 0.0415. The van der Waals surface area contributed by atoms with Gasteiger partial charge in [0.05, 0.1) is 7.05 Å². The predicted molar refractivity (Wildman–Crippen MR) is 62.5 cm³/mol. The van der Waals surface area contributed by atoms with Gasteiger partial charge in [0, 0.05) is 13.6 Å². The van der Waals surface area contributed by atoms with Crippen molar-refractivity contribution in [2.24, 2.45) is 14.1 Å². The first-order valence-electron chi connectivity index (χ1n) is 5.20. The molecule has 2 aromatic rings. The number of aryl methyl sites for hydroxylation is 2. The van der Waals surface area contributed by atoms with Gasteiger partial charge >= 0.3 is 11.6 Å². The van der Waals surface area contributed by atoms with Crippen LogP contribution < -0.4 is 11.2 Å². The van der Waals surface area contributed by atoms with E-state index >= 15 is 0 Å². The number of rotatable bonds is 2. The molecule has 9 nitrogen and oxygen atoms in total. The van der Waals surface area contributed by atoms with E-state index in [-0.39, 0.29) is 17.7 Å². The maximum atomic E-state index is 11.9. The van der Waals surface area contributed by atoms with E-state index in [9.17, 15) is 19.7 Å². The summed E-state index contributed by atoms with van der Waals surface area (Å²) in [5, 5.41) is 10.8. The molecule has 2 rings (SSSR count). The van der Waals surface area contributed by atoms with Crippen LogP contribution in [0.2, 0.25) is 0 Å². The van der Waals surface area contributed by atoms with Crippen LogP contribution in [0, 0.1) is 10.1 Å². The fraction of sp³-hybridized carbons (Fsp3) is 0.444. The van der Waals surface area contributed by atoms with Gasteiger partial charge in [0.2, 0.25) is 5.52 Å². The molecule has 0 unspecified atom stereocenters. The molecule has 0 aliphatic rings. The lowest BCUT2D eigenvalue weighted by molar-refractivity contribution is -0.396. The highest BCUT2D eigenvalue weighted by molar-refractivity contribution is 5.72. The Kier molecular flexibility index (Phi) is 2.53. The van der Waals surface area contributed by atoms with Crippen LogP contribution in [0.25, 0.3) is 11.2 Å². The van der Waals surface area contributed by atoms with Crippen molar-refractivity contribution in [3.63, 3.8) is 0 Å². The number of nitrogens with zero attached hydrogens (tertiary/aromatic N) is 5. The molecule has 0 aliphatic carbocycles. The normalized spacial score (nSPS) is 11.1. The summed E-state index contributed by atoms with van der Waals surface area (Å²) >= 11 is 0. The van der Waals surface area contributed by atoms with Crippen LogP contribution in [0.3, 0.4) is 0 Å². The molecule has 2 heterocycles. The molecule has 9 heteroatoms. The van der Waals surface area contributed by atoms with Crippen molar-refractivity contribution in [3.05, 3.63) is 31.0 Å². The number of aromatic nitrogens is 4. The highest BCUT2D eigenvalue weighted by Crippen LogP contribution is 2.15. The Labute approximate surface area is 100 Å². The quantitative estimate of drug-likeness (QED) is 0.523. The Morgan fingerprint density at radius 3 is 2.39 bits per heavy atom. The first kappa shape index (κ1) is 12.0. The molecule has 96 valence electrons. The SMILES string of the molecule is CCn1c(=O)n(C)c(=O)c2c1nc([N+](=O)[O-])n2C. The van der Waals surface area contributed by atoms with Gasteiger partial charge in [-0.15, -0.1) is 0 Å². The molecule has 0 amide bonds. The van der Waals surface area contributed by atoms with Gasteiger partial charge in [-0.1, -0.05) is 0 Å². The maximum Gasteiger partial charge on any atom is 0.437 e. The summed E-state index contributed by atoms with van der Waals surface area (Å²) in [4.78, 5) is 37.6. The Bertz CT molecular complexity index is 766. The fourth-order valence-electron chi connectivity index (χ4n) is 1.87. The van der Waals surface area contributed by atoms with Crippen molar-refractivity contribution in [2.45, 2.75) is 13.5 Å². The van der Waals surface area contributed by atoms with Crippen molar-refractivity contribution in [3.8, 4) is 0 Å². The predicted octanol–water partition coefficient (Wildman–Crippen LogP) is -0.638. The second kappa shape index (κ2) is 3.79. The first-order chi connectivity index (χ1) is 8.40. The monoisotopic (exact) mass is 253 g/mol. The van der Waals surface area contributed by atoms with Gasteiger partial charge in [-0.3, -0.25) is 13.9 Å². The van der Waals surface area contributed by atoms with Crippen molar-refractivity contribution < 1.29 is 4.92 Å². The van der Waals surface area contributed by atoms with Gasteiger partial charge in [-0.05, 0) is 16.8 Å². The third kappa shape index (κ3) is 1.36. The fourth-order valence-corrected chi connectivity index (χ4v) is 1.87. The number of fused-ring (bicyclic) bond motifs is 1. The number of nitro groups is 1. The summed E-state index contributed by atoms with van der Waals surface area (Å²) in [7, 11) is 2.70. The highest BCUT2D eigenvalue weighted by atomic mass is 16.6. The molecule has 0 saturated heterocycles. The summed E-state index contributed by atoms with van der Waals surface area (Å²) in [5.41, 5.74) is -1.05. The minimum atomic E-state index is -0.691. The van der Waals surface area contributed by atoms with Crippen molar-refractivity contribution in [1.29, 1.82) is 0 Å². The van der Waals surface area contributed by atoms with Crippen molar-refractivity contribution >= 4 is 17.1 Å². The first-order valence-corrected chi connectivity index (χ1v) is 5.20. The zero-order chi connectivity index (χ0) is 13.6. The number of imidazole rings is 1. The van der Waals surface area contributed by atoms with E-state index < -0.39 is 22.1 Å². The molecular weight excluding hydrogens is 242 g/mol. The van der Waals surface area contributed by atoms with E-state index in [4.69, 9.17) is 0 Å². The summed E-state index contributed by atoms with van der Waals surface area (Å²) < 4.78 is 3.23. The molecule has 0 atom stereocenters. The van der Waals surface area contributed by atoms with Crippen LogP contribution in [0.5, 0.6) is 0 Å². The van der Waals surface area contributed by atoms with E-state index in [1.54, 1.807) is 6.92 Å². The topological polar surface area (TPSA) is 105 Å². The molecule has 0 spiro atoms. The lowest BCUT2D eigenvalue weighted by atomic mass is 10.5. The van der Waals surface area contributed by atoms with Gasteiger partial charge in [0.15, 0.2) is 0 Å². The molecule has 0 N–H and O–H groups in total. The van der Waals surface area contributed by atoms with Crippen LogP contribution in [0.1, 0.15) is 6.92 Å². The standard InChI is InChI=1S/C9H11N5O4/c1-4-13-6-5(7(15)12(3)9(13)16)11(2)8(10-6)14(17)18/h4H2,1-3H3. The zero-order valence-electron chi connectivity index (χ0n) is 10.1. The van der Waals surface area contributed by atoms with Crippen LogP contribution in [-0.2, 0) is 20.6 Å². The van der Waals surface area contributed by atoms with E-state index in [0.717, 1.165) is 9.13 Å². The number of hydrogen-bond acceptors (Lipinski definition) is 5. The van der Waals surface area contributed by atoms with Gasteiger partial charge in [-0.2, -0.15) is 0 Å². The van der Waals surface area contributed by atoms with Crippen LogP contribution in [0.15, 0.2) is 9.59 Å². The van der Waals surface area contributed by atoms with Gasteiger partial charge in [0.1, 0.15) is 0 Å². The Hall–Kier alpha value is -2.45. The minimum Gasteiger partial charge on any atom is -0.390 e. The Balaban J connectivity index is 3.12. The summed E-state index contributed by atoms with van der Waals surface area (Å²) in [6.07, 6.45) is 0. The molecule has 0 bridgehead atoms. The van der Waals surface area contributed by atoms with Gasteiger partial charge < -0.3 is 10.1 Å². The van der Waals surface area contributed by atoms with Gasteiger partial charge in [-0.25, -0.2) is 9.36 Å². The summed E-state index contributed by atoms with van der Waals surface area (Å²) in [5.74, 6) is -0.463. The molecule has 18 heavy (non-hydrogen) atoms. The second-order valence-corrected chi connectivity index (χ2v) is 3.79. The lowest BCUT2D eigenvalue weighted by Gasteiger charge is -2.02. The smallest absolute Gasteiger partial charge is 0.390 e. The van der Waals surface area contributed by atoms with Crippen molar-refractivity contribution in [1.82, 2.24) is 18.7 Å². The Morgan fingerprint density at radius 2 is 1.89 bits per heavy atom. The summed E-state index contributed by atoms with van der Waals surface area (Å²) in [6.45, 7) is 1.98. The largest absolute Gasteiger partial charge is 0.437 e. The van der Waals surface area contributed by atoms with E-state index in [1.807, 2.05) is 0 Å². The molecule has 0 aliphatic heterocycles. The van der Waals surface area contributed by atoms with Gasteiger partial charge in [0.25, 0.3) is 11.2 Å². The average Bonchev–Trinajstić information content (AvgIpc) is 2.65. The third-order valence-electron chi connectivity index (χ3n) is 2.81. The van der Waals surface area contributed by atoms with E-state index in [2.05, 4.69) is 4.98 Å². The van der Waals surface area contributed by atoms with Crippen LogP contribution in [0.4, 0.5) is 5.95 Å². The van der Waals surface area contributed by atoms with Crippen LogP contribution >= 0.6 is 0 Å². The third-order valence-corrected chi connectivity index (χ3v) is 2.81. The molecule has 0 aromatic carbocycles. The Morgan fingerprint density at radius 1 is 1.28 bits per heavy atom. The number of hydrogen-bond donors (Lipinski definition) is 0. The van der Waals surface area contributed by atoms with Crippen LogP contribution in [-0.4, -0.2) is 23.6 Å². The molecule has 0 radical (unpaired) electrons. The highest BCUT2D eigenvalue weighted by Gasteiger charge is 2.26. The molecular formula is C9H11N5O4. The maximum absolute atomic E-state index is 11.9. The lowest BCUT2D eigenvalue weighted by Crippen LogP contribution is -2.38. The summed E-state index contributed by atoms with van der Waals surface area (Å²) in [6, 6.07) is 0. The second-order valence-electron chi connectivity index (χ2n) is 3.79. The molecule has 0 saturated carbocycles.